The molecule has 1 fully saturated rings. The molecule has 2 nitrogen and oxygen atoms in total. The maximum atomic E-state index is 5.37. The summed E-state index contributed by atoms with van der Waals surface area (Å²) < 4.78 is 5.37. The third kappa shape index (κ3) is 1.96. The quantitative estimate of drug-likeness (QED) is 0.623. The van der Waals surface area contributed by atoms with Crippen molar-refractivity contribution in [3.8, 4) is 0 Å². The number of hydrogen-bond donors (Lipinski definition) is 1. The first-order chi connectivity index (χ1) is 4.84. The summed E-state index contributed by atoms with van der Waals surface area (Å²) in [5, 5.41) is 3.25. The maximum absolute atomic E-state index is 5.37. The second-order valence-electron chi connectivity index (χ2n) is 3.05. The normalized spacial score (nSPS) is 30.0. The van der Waals surface area contributed by atoms with Crippen molar-refractivity contribution in [1.29, 1.82) is 0 Å². The van der Waals surface area contributed by atoms with E-state index in [1.165, 1.54) is 12.8 Å². The van der Waals surface area contributed by atoms with Crippen LogP contribution >= 0.6 is 0 Å². The Kier molecular flexibility index (Phi) is 3.16. The standard InChI is InChI=1S/C8H17NO/c1-7(9-2)8-4-3-5-10-6-8/h7-9H,3-6H2,1-2H3. The van der Waals surface area contributed by atoms with Crippen LogP contribution in [0.15, 0.2) is 0 Å². The topological polar surface area (TPSA) is 21.3 Å². The van der Waals surface area contributed by atoms with E-state index in [4.69, 9.17) is 4.74 Å². The molecular formula is C8H17NO. The minimum atomic E-state index is 0.611. The van der Waals surface area contributed by atoms with E-state index in [0.29, 0.717) is 6.04 Å². The molecule has 0 amide bonds. The SMILES string of the molecule is CNC(C)C1CCCOC1. The summed E-state index contributed by atoms with van der Waals surface area (Å²) in [6.45, 7) is 4.13. The Bertz CT molecular complexity index is 89.3. The third-order valence-corrected chi connectivity index (χ3v) is 2.36. The summed E-state index contributed by atoms with van der Waals surface area (Å²) in [6, 6.07) is 0.611. The Balaban J connectivity index is 2.24. The summed E-state index contributed by atoms with van der Waals surface area (Å²) in [5.41, 5.74) is 0. The first-order valence-electron chi connectivity index (χ1n) is 4.09. The van der Waals surface area contributed by atoms with Crippen LogP contribution in [0.4, 0.5) is 0 Å². The Labute approximate surface area is 63.0 Å². The fourth-order valence-electron chi connectivity index (χ4n) is 1.40. The van der Waals surface area contributed by atoms with Crippen molar-refractivity contribution < 1.29 is 4.74 Å². The maximum Gasteiger partial charge on any atom is 0.0509 e. The summed E-state index contributed by atoms with van der Waals surface area (Å²) in [4.78, 5) is 0. The molecule has 0 aromatic rings. The summed E-state index contributed by atoms with van der Waals surface area (Å²) in [6.07, 6.45) is 2.55. The van der Waals surface area contributed by atoms with Crippen LogP contribution in [-0.4, -0.2) is 26.3 Å². The van der Waals surface area contributed by atoms with Gasteiger partial charge in [0.2, 0.25) is 0 Å². The van der Waals surface area contributed by atoms with Gasteiger partial charge in [-0.1, -0.05) is 0 Å². The van der Waals surface area contributed by atoms with E-state index >= 15 is 0 Å². The zero-order valence-electron chi connectivity index (χ0n) is 6.89. The number of rotatable bonds is 2. The van der Waals surface area contributed by atoms with Crippen LogP contribution in [0.3, 0.4) is 0 Å². The lowest BCUT2D eigenvalue weighted by molar-refractivity contribution is 0.0431. The van der Waals surface area contributed by atoms with Crippen molar-refractivity contribution in [3.63, 3.8) is 0 Å². The Morgan fingerprint density at radius 2 is 2.40 bits per heavy atom. The summed E-state index contributed by atoms with van der Waals surface area (Å²) in [7, 11) is 2.01. The highest BCUT2D eigenvalue weighted by Gasteiger charge is 2.18. The predicted molar refractivity (Wildman–Crippen MR) is 42.1 cm³/mol. The molecule has 0 aromatic carbocycles. The molecule has 1 heterocycles. The molecule has 0 spiro atoms. The van der Waals surface area contributed by atoms with E-state index in [-0.39, 0.29) is 0 Å². The van der Waals surface area contributed by atoms with Gasteiger partial charge < -0.3 is 10.1 Å². The van der Waals surface area contributed by atoms with E-state index in [1.807, 2.05) is 7.05 Å². The minimum Gasteiger partial charge on any atom is -0.381 e. The van der Waals surface area contributed by atoms with Gasteiger partial charge in [0.25, 0.3) is 0 Å². The van der Waals surface area contributed by atoms with Gasteiger partial charge in [-0.25, -0.2) is 0 Å². The molecule has 0 bridgehead atoms. The van der Waals surface area contributed by atoms with Crippen molar-refractivity contribution in [2.75, 3.05) is 20.3 Å². The molecule has 1 aliphatic rings. The van der Waals surface area contributed by atoms with Gasteiger partial charge in [-0.15, -0.1) is 0 Å². The van der Waals surface area contributed by atoms with Gasteiger partial charge in [-0.2, -0.15) is 0 Å². The highest BCUT2D eigenvalue weighted by atomic mass is 16.5. The lowest BCUT2D eigenvalue weighted by Gasteiger charge is -2.27. The van der Waals surface area contributed by atoms with Crippen LogP contribution in [0.1, 0.15) is 19.8 Å². The molecule has 1 N–H and O–H groups in total. The second-order valence-corrected chi connectivity index (χ2v) is 3.05. The molecule has 1 saturated heterocycles. The van der Waals surface area contributed by atoms with E-state index in [2.05, 4.69) is 12.2 Å². The van der Waals surface area contributed by atoms with Crippen LogP contribution < -0.4 is 5.32 Å². The van der Waals surface area contributed by atoms with E-state index in [0.717, 1.165) is 19.1 Å². The molecule has 2 atom stereocenters. The largest absolute Gasteiger partial charge is 0.381 e. The van der Waals surface area contributed by atoms with Gasteiger partial charge >= 0.3 is 0 Å². The van der Waals surface area contributed by atoms with Gasteiger partial charge in [0.15, 0.2) is 0 Å². The predicted octanol–water partition coefficient (Wildman–Crippen LogP) is 1.02. The molecule has 0 saturated carbocycles. The van der Waals surface area contributed by atoms with Crippen molar-refractivity contribution in [3.05, 3.63) is 0 Å². The van der Waals surface area contributed by atoms with Crippen LogP contribution in [0.2, 0.25) is 0 Å². The average Bonchev–Trinajstić information content (AvgIpc) is 2.05. The van der Waals surface area contributed by atoms with Crippen molar-refractivity contribution in [2.45, 2.75) is 25.8 Å². The molecule has 10 heavy (non-hydrogen) atoms. The third-order valence-electron chi connectivity index (χ3n) is 2.36. The van der Waals surface area contributed by atoms with Crippen molar-refractivity contribution in [2.24, 2.45) is 5.92 Å². The zero-order chi connectivity index (χ0) is 7.40. The van der Waals surface area contributed by atoms with Crippen LogP contribution in [0.25, 0.3) is 0 Å². The Hall–Kier alpha value is -0.0800. The monoisotopic (exact) mass is 143 g/mol. The molecule has 2 unspecified atom stereocenters. The zero-order valence-corrected chi connectivity index (χ0v) is 6.89. The van der Waals surface area contributed by atoms with Gasteiger partial charge in [-0.05, 0) is 32.7 Å². The first-order valence-corrected chi connectivity index (χ1v) is 4.09. The van der Waals surface area contributed by atoms with E-state index in [9.17, 15) is 0 Å². The molecule has 0 aromatic heterocycles. The van der Waals surface area contributed by atoms with E-state index < -0.39 is 0 Å². The Morgan fingerprint density at radius 3 is 2.90 bits per heavy atom. The van der Waals surface area contributed by atoms with Crippen molar-refractivity contribution in [1.82, 2.24) is 5.32 Å². The van der Waals surface area contributed by atoms with Gasteiger partial charge in [0.1, 0.15) is 0 Å². The lowest BCUT2D eigenvalue weighted by atomic mass is 9.95. The van der Waals surface area contributed by atoms with Gasteiger partial charge in [0, 0.05) is 12.6 Å². The highest BCUT2D eigenvalue weighted by Crippen LogP contribution is 2.16. The summed E-state index contributed by atoms with van der Waals surface area (Å²) in [5.74, 6) is 0.735. The fourth-order valence-corrected chi connectivity index (χ4v) is 1.40. The summed E-state index contributed by atoms with van der Waals surface area (Å²) >= 11 is 0. The second kappa shape index (κ2) is 3.94. The number of nitrogens with one attached hydrogen (secondary N) is 1. The van der Waals surface area contributed by atoms with Crippen molar-refractivity contribution >= 4 is 0 Å². The molecular weight excluding hydrogens is 126 g/mol. The van der Waals surface area contributed by atoms with Crippen LogP contribution in [-0.2, 0) is 4.74 Å². The van der Waals surface area contributed by atoms with Gasteiger partial charge in [-0.3, -0.25) is 0 Å². The first kappa shape index (κ1) is 8.02. The van der Waals surface area contributed by atoms with Gasteiger partial charge in [0.05, 0.1) is 6.61 Å². The van der Waals surface area contributed by atoms with Crippen LogP contribution in [0, 0.1) is 5.92 Å². The molecule has 60 valence electrons. The highest BCUT2D eigenvalue weighted by molar-refractivity contribution is 4.72. The average molecular weight is 143 g/mol. The fraction of sp³-hybridized carbons (Fsp3) is 1.00. The lowest BCUT2D eigenvalue weighted by Crippen LogP contribution is -2.35. The molecule has 1 rings (SSSR count). The molecule has 2 heteroatoms. The minimum absolute atomic E-state index is 0.611. The smallest absolute Gasteiger partial charge is 0.0509 e. The molecule has 0 radical (unpaired) electrons. The number of ether oxygens (including phenoxy) is 1. The van der Waals surface area contributed by atoms with E-state index in [1.54, 1.807) is 0 Å². The molecule has 1 aliphatic heterocycles. The van der Waals surface area contributed by atoms with Crippen LogP contribution in [0.5, 0.6) is 0 Å². The Morgan fingerprint density at radius 1 is 1.60 bits per heavy atom. The molecule has 0 aliphatic carbocycles. The number of hydrogen-bond acceptors (Lipinski definition) is 2.